The maximum atomic E-state index is 2.48. The second-order valence-electron chi connectivity index (χ2n) is 5.86. The van der Waals surface area contributed by atoms with E-state index in [4.69, 9.17) is 0 Å². The molecule has 0 heterocycles. The minimum atomic E-state index is 0.997. The van der Waals surface area contributed by atoms with Crippen LogP contribution in [0.25, 0.3) is 0 Å². The van der Waals surface area contributed by atoms with E-state index in [0.29, 0.717) is 0 Å². The fourth-order valence-corrected chi connectivity index (χ4v) is 3.17. The van der Waals surface area contributed by atoms with Gasteiger partial charge in [-0.3, -0.25) is 0 Å². The molecule has 1 saturated carbocycles. The molecule has 1 aliphatic rings. The molecule has 3 unspecified atom stereocenters. The van der Waals surface area contributed by atoms with Gasteiger partial charge in [0.15, 0.2) is 0 Å². The number of hydrogen-bond acceptors (Lipinski definition) is 0. The lowest BCUT2D eigenvalue weighted by Gasteiger charge is -2.32. The van der Waals surface area contributed by atoms with Gasteiger partial charge in [-0.2, -0.15) is 0 Å². The van der Waals surface area contributed by atoms with Gasteiger partial charge in [-0.25, -0.2) is 0 Å². The lowest BCUT2D eigenvalue weighted by Crippen LogP contribution is -2.21. The molecule has 0 nitrogen and oxygen atoms in total. The molecule has 15 heavy (non-hydrogen) atoms. The summed E-state index contributed by atoms with van der Waals surface area (Å²) >= 11 is 0. The summed E-state index contributed by atoms with van der Waals surface area (Å²) in [6.07, 6.45) is 13.2. The molecule has 1 rings (SSSR count). The summed E-state index contributed by atoms with van der Waals surface area (Å²) < 4.78 is 0. The van der Waals surface area contributed by atoms with E-state index in [1.54, 1.807) is 0 Å². The molecule has 0 aromatic heterocycles. The first-order valence-corrected chi connectivity index (χ1v) is 7.24. The van der Waals surface area contributed by atoms with Crippen molar-refractivity contribution >= 4 is 0 Å². The third-order valence-corrected chi connectivity index (χ3v) is 4.29. The Morgan fingerprint density at radius 2 is 1.67 bits per heavy atom. The summed E-state index contributed by atoms with van der Waals surface area (Å²) in [5, 5.41) is 0. The second-order valence-corrected chi connectivity index (χ2v) is 5.86. The fourth-order valence-electron chi connectivity index (χ4n) is 3.17. The largest absolute Gasteiger partial charge is 0.0654 e. The Bertz CT molecular complexity index is 150. The molecule has 1 aliphatic carbocycles. The van der Waals surface area contributed by atoms with Gasteiger partial charge in [0.05, 0.1) is 0 Å². The summed E-state index contributed by atoms with van der Waals surface area (Å²) in [6, 6.07) is 0. The molecule has 0 spiro atoms. The van der Waals surface area contributed by atoms with Crippen LogP contribution in [-0.4, -0.2) is 0 Å². The Morgan fingerprint density at radius 1 is 0.933 bits per heavy atom. The van der Waals surface area contributed by atoms with E-state index in [2.05, 4.69) is 20.8 Å². The summed E-state index contributed by atoms with van der Waals surface area (Å²) in [4.78, 5) is 0. The zero-order valence-corrected chi connectivity index (χ0v) is 11.1. The van der Waals surface area contributed by atoms with Crippen molar-refractivity contribution in [2.24, 2.45) is 17.8 Å². The summed E-state index contributed by atoms with van der Waals surface area (Å²) in [6.45, 7) is 7.20. The highest BCUT2D eigenvalue weighted by atomic mass is 14.3. The average Bonchev–Trinajstić information content (AvgIpc) is 2.20. The van der Waals surface area contributed by atoms with Gasteiger partial charge in [-0.15, -0.1) is 0 Å². The van der Waals surface area contributed by atoms with E-state index < -0.39 is 0 Å². The molecule has 0 aromatic rings. The highest BCUT2D eigenvalue weighted by Gasteiger charge is 2.24. The Balaban J connectivity index is 2.05. The van der Waals surface area contributed by atoms with Gasteiger partial charge in [0.2, 0.25) is 0 Å². The first-order valence-electron chi connectivity index (χ1n) is 7.24. The zero-order chi connectivity index (χ0) is 11.1. The van der Waals surface area contributed by atoms with Gasteiger partial charge in [0, 0.05) is 0 Å². The standard InChI is InChI=1S/C15H30/c1-4-5-6-7-8-9-15-11-10-13(2)12-14(15)3/h13-15H,4-12H2,1-3H3. The van der Waals surface area contributed by atoms with E-state index >= 15 is 0 Å². The molecule has 0 aromatic carbocycles. The molecule has 0 aliphatic heterocycles. The van der Waals surface area contributed by atoms with Crippen molar-refractivity contribution in [1.29, 1.82) is 0 Å². The Hall–Kier alpha value is 0. The molecular formula is C15H30. The van der Waals surface area contributed by atoms with Crippen LogP contribution in [0.3, 0.4) is 0 Å². The molecule has 0 bridgehead atoms. The van der Waals surface area contributed by atoms with Crippen LogP contribution < -0.4 is 0 Å². The summed E-state index contributed by atoms with van der Waals surface area (Å²) in [7, 11) is 0. The van der Waals surface area contributed by atoms with Gasteiger partial charge in [0.1, 0.15) is 0 Å². The van der Waals surface area contributed by atoms with Crippen LogP contribution in [0.1, 0.15) is 78.6 Å². The third kappa shape index (κ3) is 5.04. The van der Waals surface area contributed by atoms with Crippen molar-refractivity contribution in [3.05, 3.63) is 0 Å². The molecule has 0 heteroatoms. The van der Waals surface area contributed by atoms with E-state index in [1.165, 1.54) is 57.8 Å². The topological polar surface area (TPSA) is 0 Å². The van der Waals surface area contributed by atoms with E-state index in [1.807, 2.05) is 0 Å². The van der Waals surface area contributed by atoms with Crippen LogP contribution in [-0.2, 0) is 0 Å². The van der Waals surface area contributed by atoms with Crippen LogP contribution in [0, 0.1) is 17.8 Å². The molecule has 3 atom stereocenters. The van der Waals surface area contributed by atoms with Gasteiger partial charge in [-0.1, -0.05) is 65.7 Å². The molecular weight excluding hydrogens is 180 g/mol. The minimum Gasteiger partial charge on any atom is -0.0654 e. The highest BCUT2D eigenvalue weighted by Crippen LogP contribution is 2.36. The van der Waals surface area contributed by atoms with Crippen LogP contribution in [0.5, 0.6) is 0 Å². The molecule has 0 N–H and O–H groups in total. The van der Waals surface area contributed by atoms with Gasteiger partial charge in [0.25, 0.3) is 0 Å². The minimum absolute atomic E-state index is 0.997. The lowest BCUT2D eigenvalue weighted by atomic mass is 9.73. The average molecular weight is 210 g/mol. The summed E-state index contributed by atoms with van der Waals surface area (Å²) in [5.41, 5.74) is 0. The van der Waals surface area contributed by atoms with Gasteiger partial charge >= 0.3 is 0 Å². The summed E-state index contributed by atoms with van der Waals surface area (Å²) in [5.74, 6) is 3.05. The van der Waals surface area contributed by atoms with Gasteiger partial charge in [-0.05, 0) is 30.6 Å². The lowest BCUT2D eigenvalue weighted by molar-refractivity contribution is 0.190. The van der Waals surface area contributed by atoms with E-state index in [0.717, 1.165) is 17.8 Å². The third-order valence-electron chi connectivity index (χ3n) is 4.29. The van der Waals surface area contributed by atoms with Crippen LogP contribution >= 0.6 is 0 Å². The van der Waals surface area contributed by atoms with Crippen LogP contribution in [0.2, 0.25) is 0 Å². The molecule has 0 saturated heterocycles. The number of unbranched alkanes of at least 4 members (excludes halogenated alkanes) is 4. The molecule has 0 radical (unpaired) electrons. The van der Waals surface area contributed by atoms with Crippen molar-refractivity contribution in [2.75, 3.05) is 0 Å². The molecule has 1 fully saturated rings. The van der Waals surface area contributed by atoms with E-state index in [9.17, 15) is 0 Å². The monoisotopic (exact) mass is 210 g/mol. The second kappa shape index (κ2) is 7.30. The number of rotatable bonds is 6. The first kappa shape index (κ1) is 13.1. The van der Waals surface area contributed by atoms with Crippen LogP contribution in [0.15, 0.2) is 0 Å². The van der Waals surface area contributed by atoms with Crippen LogP contribution in [0.4, 0.5) is 0 Å². The van der Waals surface area contributed by atoms with Crippen molar-refractivity contribution in [1.82, 2.24) is 0 Å². The first-order chi connectivity index (χ1) is 7.24. The zero-order valence-electron chi connectivity index (χ0n) is 11.1. The predicted octanol–water partition coefficient (Wildman–Crippen LogP) is 5.42. The Kier molecular flexibility index (Phi) is 6.36. The normalized spacial score (nSPS) is 31.8. The maximum Gasteiger partial charge on any atom is -0.0388 e. The molecule has 90 valence electrons. The number of hydrogen-bond donors (Lipinski definition) is 0. The fraction of sp³-hybridized carbons (Fsp3) is 1.00. The maximum absolute atomic E-state index is 2.48. The highest BCUT2D eigenvalue weighted by molar-refractivity contribution is 4.75. The smallest absolute Gasteiger partial charge is 0.0388 e. The predicted molar refractivity (Wildman–Crippen MR) is 69.0 cm³/mol. The van der Waals surface area contributed by atoms with Gasteiger partial charge < -0.3 is 0 Å². The van der Waals surface area contributed by atoms with Crippen molar-refractivity contribution < 1.29 is 0 Å². The van der Waals surface area contributed by atoms with Crippen molar-refractivity contribution in [3.63, 3.8) is 0 Å². The quantitative estimate of drug-likeness (QED) is 0.514. The van der Waals surface area contributed by atoms with E-state index in [-0.39, 0.29) is 0 Å². The SMILES string of the molecule is CCCCCCCC1CCC(C)CC1C. The van der Waals surface area contributed by atoms with Crippen molar-refractivity contribution in [2.45, 2.75) is 78.6 Å². The Morgan fingerprint density at radius 3 is 2.33 bits per heavy atom. The Labute approximate surface area is 96.8 Å². The van der Waals surface area contributed by atoms with Crippen molar-refractivity contribution in [3.8, 4) is 0 Å². The molecule has 0 amide bonds.